The third kappa shape index (κ3) is 6.24. The second-order valence-corrected chi connectivity index (χ2v) is 8.79. The van der Waals surface area contributed by atoms with Gasteiger partial charge in [-0.05, 0) is 56.5 Å². The molecule has 0 atom stereocenters. The molecule has 1 aromatic heterocycles. The van der Waals surface area contributed by atoms with Crippen LogP contribution in [-0.4, -0.2) is 40.5 Å². The van der Waals surface area contributed by atoms with Crippen LogP contribution >= 0.6 is 0 Å². The second kappa shape index (κ2) is 11.0. The van der Waals surface area contributed by atoms with Gasteiger partial charge in [-0.25, -0.2) is 4.98 Å². The molecule has 2 heterocycles. The maximum atomic E-state index is 5.99. The monoisotopic (exact) mass is 430 g/mol. The largest absolute Gasteiger partial charge is 0.489 e. The van der Waals surface area contributed by atoms with Gasteiger partial charge in [0.25, 0.3) is 0 Å². The summed E-state index contributed by atoms with van der Waals surface area (Å²) in [7, 11) is 0. The van der Waals surface area contributed by atoms with Gasteiger partial charge in [0.2, 0.25) is 0 Å². The van der Waals surface area contributed by atoms with Crippen molar-refractivity contribution in [3.8, 4) is 5.75 Å². The Bertz CT molecular complexity index is 955. The summed E-state index contributed by atoms with van der Waals surface area (Å²) >= 11 is 0. The van der Waals surface area contributed by atoms with Gasteiger partial charge in [0.05, 0.1) is 6.33 Å². The van der Waals surface area contributed by atoms with Gasteiger partial charge < -0.3 is 14.6 Å². The molecule has 0 spiro atoms. The Morgan fingerprint density at radius 2 is 1.84 bits per heavy atom. The predicted molar refractivity (Wildman–Crippen MR) is 131 cm³/mol. The standard InChI is InChI=1S/C27H34N4O/c1-22(2)12-17-31(26-13-15-30(16-14-26)19-24-18-28-21-29-24)25-8-10-27(11-9-25)32-20-23-6-4-3-5-7-23/h3-12,18,21,26H,13-17,19-20H2,1-2H3,(H,28,29). The van der Waals surface area contributed by atoms with Crippen molar-refractivity contribution in [1.82, 2.24) is 14.9 Å². The fourth-order valence-corrected chi connectivity index (χ4v) is 4.22. The van der Waals surface area contributed by atoms with Gasteiger partial charge in [0.15, 0.2) is 0 Å². The molecule has 0 saturated carbocycles. The van der Waals surface area contributed by atoms with Gasteiger partial charge >= 0.3 is 0 Å². The number of H-pyrrole nitrogens is 1. The maximum Gasteiger partial charge on any atom is 0.119 e. The summed E-state index contributed by atoms with van der Waals surface area (Å²) < 4.78 is 5.99. The van der Waals surface area contributed by atoms with Gasteiger partial charge in [-0.2, -0.15) is 0 Å². The van der Waals surface area contributed by atoms with E-state index in [0.717, 1.165) is 44.8 Å². The Labute approximate surface area is 191 Å². The molecule has 0 amide bonds. The summed E-state index contributed by atoms with van der Waals surface area (Å²) in [6.45, 7) is 9.04. The molecule has 1 N–H and O–H groups in total. The zero-order valence-corrected chi connectivity index (χ0v) is 19.2. The van der Waals surface area contributed by atoms with Crippen LogP contribution in [0.4, 0.5) is 5.69 Å². The summed E-state index contributed by atoms with van der Waals surface area (Å²) in [5.74, 6) is 0.911. The highest BCUT2D eigenvalue weighted by molar-refractivity contribution is 5.51. The van der Waals surface area contributed by atoms with Gasteiger partial charge in [-0.15, -0.1) is 0 Å². The number of aromatic nitrogens is 2. The summed E-state index contributed by atoms with van der Waals surface area (Å²) in [6, 6.07) is 19.4. The van der Waals surface area contributed by atoms with E-state index in [1.807, 2.05) is 24.4 Å². The van der Waals surface area contributed by atoms with Crippen molar-refractivity contribution in [3.63, 3.8) is 0 Å². The van der Waals surface area contributed by atoms with Crippen LogP contribution in [0.5, 0.6) is 5.75 Å². The lowest BCUT2D eigenvalue weighted by Gasteiger charge is -2.39. The number of ether oxygens (including phenoxy) is 1. The molecule has 3 aromatic rings. The molecular formula is C27H34N4O. The lowest BCUT2D eigenvalue weighted by molar-refractivity contribution is 0.200. The van der Waals surface area contributed by atoms with Crippen molar-refractivity contribution in [2.75, 3.05) is 24.5 Å². The Hall–Kier alpha value is -3.05. The topological polar surface area (TPSA) is 44.4 Å². The van der Waals surface area contributed by atoms with Crippen LogP contribution in [0, 0.1) is 0 Å². The highest BCUT2D eigenvalue weighted by atomic mass is 16.5. The molecule has 5 heteroatoms. The van der Waals surface area contributed by atoms with Crippen molar-refractivity contribution in [2.24, 2.45) is 0 Å². The SMILES string of the molecule is CC(C)=CCN(c1ccc(OCc2ccccc2)cc1)C1CCN(Cc2cnc[nH]2)CC1. The second-order valence-electron chi connectivity index (χ2n) is 8.79. The van der Waals surface area contributed by atoms with E-state index in [4.69, 9.17) is 4.74 Å². The van der Waals surface area contributed by atoms with E-state index in [9.17, 15) is 0 Å². The number of nitrogens with zero attached hydrogens (tertiary/aromatic N) is 3. The summed E-state index contributed by atoms with van der Waals surface area (Å²) in [5, 5.41) is 0. The molecule has 2 aromatic carbocycles. The van der Waals surface area contributed by atoms with Crippen molar-refractivity contribution < 1.29 is 4.74 Å². The molecule has 1 aliphatic heterocycles. The fourth-order valence-electron chi connectivity index (χ4n) is 4.22. The number of benzene rings is 2. The minimum atomic E-state index is 0.541. The summed E-state index contributed by atoms with van der Waals surface area (Å²) in [6.07, 6.45) is 8.34. The molecule has 0 unspecified atom stereocenters. The average molecular weight is 431 g/mol. The highest BCUT2D eigenvalue weighted by Crippen LogP contribution is 2.27. The van der Waals surface area contributed by atoms with E-state index < -0.39 is 0 Å². The van der Waals surface area contributed by atoms with E-state index in [2.05, 4.69) is 76.1 Å². The molecule has 0 aliphatic carbocycles. The first-order valence-corrected chi connectivity index (χ1v) is 11.5. The Morgan fingerprint density at radius 1 is 1.09 bits per heavy atom. The van der Waals surface area contributed by atoms with E-state index in [0.29, 0.717) is 12.6 Å². The van der Waals surface area contributed by atoms with Crippen LogP contribution in [-0.2, 0) is 13.2 Å². The molecule has 1 aliphatic rings. The lowest BCUT2D eigenvalue weighted by Crippen LogP contribution is -2.45. The smallest absolute Gasteiger partial charge is 0.119 e. The van der Waals surface area contributed by atoms with Crippen LogP contribution in [0.25, 0.3) is 0 Å². The van der Waals surface area contributed by atoms with E-state index in [1.54, 1.807) is 6.33 Å². The molecule has 1 saturated heterocycles. The third-order valence-corrected chi connectivity index (χ3v) is 6.06. The first-order chi connectivity index (χ1) is 15.7. The normalized spacial score (nSPS) is 14.8. The fraction of sp³-hybridized carbons (Fsp3) is 0.370. The number of hydrogen-bond acceptors (Lipinski definition) is 4. The van der Waals surface area contributed by atoms with E-state index >= 15 is 0 Å². The zero-order chi connectivity index (χ0) is 22.2. The van der Waals surface area contributed by atoms with Gasteiger partial charge in [-0.1, -0.05) is 42.0 Å². The number of nitrogens with one attached hydrogen (secondary N) is 1. The van der Waals surface area contributed by atoms with Gasteiger partial charge in [0.1, 0.15) is 12.4 Å². The van der Waals surface area contributed by atoms with Crippen LogP contribution in [0.15, 0.2) is 78.8 Å². The van der Waals surface area contributed by atoms with Crippen LogP contribution in [0.3, 0.4) is 0 Å². The highest BCUT2D eigenvalue weighted by Gasteiger charge is 2.24. The van der Waals surface area contributed by atoms with Crippen molar-refractivity contribution in [2.45, 2.75) is 45.9 Å². The average Bonchev–Trinajstić information content (AvgIpc) is 3.33. The number of likely N-dealkylation sites (tertiary alicyclic amines) is 1. The van der Waals surface area contributed by atoms with Crippen molar-refractivity contribution in [3.05, 3.63) is 90.0 Å². The Morgan fingerprint density at radius 3 is 2.50 bits per heavy atom. The number of piperidine rings is 1. The van der Waals surface area contributed by atoms with Crippen molar-refractivity contribution >= 4 is 5.69 Å². The molecular weight excluding hydrogens is 396 g/mol. The quantitative estimate of drug-likeness (QED) is 0.460. The molecule has 0 bridgehead atoms. The summed E-state index contributed by atoms with van der Waals surface area (Å²) in [5.41, 5.74) is 5.00. The lowest BCUT2D eigenvalue weighted by atomic mass is 10.0. The molecule has 4 rings (SSSR count). The predicted octanol–water partition coefficient (Wildman–Crippen LogP) is 5.43. The number of hydrogen-bond donors (Lipinski definition) is 1. The maximum absolute atomic E-state index is 5.99. The minimum Gasteiger partial charge on any atom is -0.489 e. The molecule has 0 radical (unpaired) electrons. The zero-order valence-electron chi connectivity index (χ0n) is 19.2. The summed E-state index contributed by atoms with van der Waals surface area (Å²) in [4.78, 5) is 12.4. The van der Waals surface area contributed by atoms with Gasteiger partial charge in [-0.3, -0.25) is 4.90 Å². The van der Waals surface area contributed by atoms with Crippen LogP contribution in [0.1, 0.15) is 37.9 Å². The van der Waals surface area contributed by atoms with E-state index in [1.165, 1.54) is 22.5 Å². The molecule has 32 heavy (non-hydrogen) atoms. The Balaban J connectivity index is 1.38. The number of anilines is 1. The Kier molecular flexibility index (Phi) is 7.62. The molecule has 5 nitrogen and oxygen atoms in total. The minimum absolute atomic E-state index is 0.541. The molecule has 168 valence electrons. The molecule has 1 fully saturated rings. The first-order valence-electron chi connectivity index (χ1n) is 11.5. The van der Waals surface area contributed by atoms with E-state index in [-0.39, 0.29) is 0 Å². The number of allylic oxidation sites excluding steroid dienone is 1. The van der Waals surface area contributed by atoms with Crippen LogP contribution in [0.2, 0.25) is 0 Å². The van der Waals surface area contributed by atoms with Gasteiger partial charge in [0, 0.05) is 49.8 Å². The first kappa shape index (κ1) is 22.2. The number of imidazole rings is 1. The number of aromatic amines is 1. The number of rotatable bonds is 9. The van der Waals surface area contributed by atoms with Crippen molar-refractivity contribution in [1.29, 1.82) is 0 Å². The van der Waals surface area contributed by atoms with Crippen LogP contribution < -0.4 is 9.64 Å². The third-order valence-electron chi connectivity index (χ3n) is 6.06.